The Hall–Kier alpha value is -0.380. The molecule has 1 aliphatic heterocycles. The molecule has 1 rings (SSSR count). The fourth-order valence-corrected chi connectivity index (χ4v) is 0.855. The van der Waals surface area contributed by atoms with Crippen molar-refractivity contribution in [1.82, 2.24) is 0 Å². The lowest BCUT2D eigenvalue weighted by Gasteiger charge is -2.25. The molecule has 2 unspecified atom stereocenters. The zero-order valence-corrected chi connectivity index (χ0v) is 5.82. The van der Waals surface area contributed by atoms with Gasteiger partial charge >= 0.3 is 0 Å². The molecule has 0 radical (unpaired) electrons. The number of rotatable bonds is 2. The molecule has 0 saturated carbocycles. The Morgan fingerprint density at radius 1 is 1.60 bits per heavy atom. The molecule has 1 heterocycles. The van der Waals surface area contributed by atoms with E-state index < -0.39 is 6.10 Å². The first-order chi connectivity index (χ1) is 4.84. The Bertz CT molecular complexity index is 107. The second kappa shape index (κ2) is 3.71. The van der Waals surface area contributed by atoms with Crippen molar-refractivity contribution in [3.8, 4) is 0 Å². The Morgan fingerprint density at radius 2 is 2.40 bits per heavy atom. The van der Waals surface area contributed by atoms with E-state index in [1.807, 2.05) is 0 Å². The molecule has 0 bridgehead atoms. The van der Waals surface area contributed by atoms with Gasteiger partial charge in [-0.2, -0.15) is 0 Å². The molecule has 1 fully saturated rings. The van der Waals surface area contributed by atoms with Crippen LogP contribution in [-0.4, -0.2) is 37.1 Å². The Kier molecular flexibility index (Phi) is 2.86. The molecular formula is C7H12O3. The van der Waals surface area contributed by atoms with Crippen LogP contribution in [0.3, 0.4) is 0 Å². The van der Waals surface area contributed by atoms with E-state index in [-0.39, 0.29) is 6.10 Å². The number of ether oxygens (including phenoxy) is 2. The highest BCUT2D eigenvalue weighted by molar-refractivity contribution is 4.85. The molecule has 0 aliphatic carbocycles. The third kappa shape index (κ3) is 1.80. The van der Waals surface area contributed by atoms with Gasteiger partial charge in [0.1, 0.15) is 12.2 Å². The van der Waals surface area contributed by atoms with Gasteiger partial charge in [0.2, 0.25) is 0 Å². The molecule has 3 heteroatoms. The monoisotopic (exact) mass is 144 g/mol. The molecule has 0 amide bonds. The number of hydrogen-bond acceptors (Lipinski definition) is 3. The zero-order chi connectivity index (χ0) is 7.40. The van der Waals surface area contributed by atoms with E-state index in [1.54, 1.807) is 0 Å². The summed E-state index contributed by atoms with van der Waals surface area (Å²) in [5.74, 6) is 0. The summed E-state index contributed by atoms with van der Waals surface area (Å²) in [4.78, 5) is 0. The summed E-state index contributed by atoms with van der Waals surface area (Å²) in [6.45, 7) is 5.11. The molecule has 1 saturated heterocycles. The van der Waals surface area contributed by atoms with Crippen molar-refractivity contribution in [2.75, 3.05) is 19.8 Å². The summed E-state index contributed by atoms with van der Waals surface area (Å²) in [5.41, 5.74) is 0. The van der Waals surface area contributed by atoms with Crippen LogP contribution in [0.1, 0.15) is 0 Å². The summed E-state index contributed by atoms with van der Waals surface area (Å²) < 4.78 is 10.3. The van der Waals surface area contributed by atoms with Crippen LogP contribution in [0, 0.1) is 0 Å². The van der Waals surface area contributed by atoms with Crippen molar-refractivity contribution in [3.63, 3.8) is 0 Å². The predicted molar refractivity (Wildman–Crippen MR) is 36.8 cm³/mol. The minimum Gasteiger partial charge on any atom is -0.386 e. The third-order valence-electron chi connectivity index (χ3n) is 1.46. The second-order valence-corrected chi connectivity index (χ2v) is 2.21. The predicted octanol–water partition coefficient (Wildman–Crippen LogP) is -0.0513. The van der Waals surface area contributed by atoms with Gasteiger partial charge in [-0.15, -0.1) is 6.58 Å². The number of hydrogen-bond donors (Lipinski definition) is 1. The Labute approximate surface area is 60.3 Å². The van der Waals surface area contributed by atoms with Gasteiger partial charge in [-0.1, -0.05) is 6.08 Å². The van der Waals surface area contributed by atoms with E-state index in [4.69, 9.17) is 14.6 Å². The van der Waals surface area contributed by atoms with Crippen LogP contribution in [0.15, 0.2) is 12.7 Å². The van der Waals surface area contributed by atoms with Crippen LogP contribution in [0.25, 0.3) is 0 Å². The van der Waals surface area contributed by atoms with Crippen molar-refractivity contribution >= 4 is 0 Å². The van der Waals surface area contributed by atoms with E-state index in [1.165, 1.54) is 6.08 Å². The normalized spacial score (nSPS) is 29.5. The average molecular weight is 144 g/mol. The van der Waals surface area contributed by atoms with Gasteiger partial charge < -0.3 is 14.6 Å². The van der Waals surface area contributed by atoms with E-state index >= 15 is 0 Å². The lowest BCUT2D eigenvalue weighted by molar-refractivity contribution is -0.121. The van der Waals surface area contributed by atoms with E-state index in [0.717, 1.165) is 0 Å². The lowest BCUT2D eigenvalue weighted by atomic mass is 10.2. The first kappa shape index (κ1) is 7.72. The minimum atomic E-state index is -0.597. The summed E-state index contributed by atoms with van der Waals surface area (Å²) in [6.07, 6.45) is 0.644. The molecule has 10 heavy (non-hydrogen) atoms. The second-order valence-electron chi connectivity index (χ2n) is 2.21. The highest BCUT2D eigenvalue weighted by atomic mass is 16.6. The maximum Gasteiger partial charge on any atom is 0.110 e. The fraction of sp³-hybridized carbons (Fsp3) is 0.714. The quantitative estimate of drug-likeness (QED) is 0.552. The van der Waals surface area contributed by atoms with Crippen LogP contribution >= 0.6 is 0 Å². The highest BCUT2D eigenvalue weighted by Crippen LogP contribution is 2.05. The lowest BCUT2D eigenvalue weighted by Crippen LogP contribution is -2.37. The minimum absolute atomic E-state index is 0.216. The van der Waals surface area contributed by atoms with Crippen LogP contribution in [0.2, 0.25) is 0 Å². The molecule has 58 valence electrons. The first-order valence-electron chi connectivity index (χ1n) is 3.34. The van der Waals surface area contributed by atoms with Gasteiger partial charge in [0.15, 0.2) is 0 Å². The van der Waals surface area contributed by atoms with Crippen molar-refractivity contribution in [2.24, 2.45) is 0 Å². The van der Waals surface area contributed by atoms with E-state index in [2.05, 4.69) is 6.58 Å². The van der Waals surface area contributed by atoms with Crippen molar-refractivity contribution in [2.45, 2.75) is 12.2 Å². The first-order valence-corrected chi connectivity index (χ1v) is 3.34. The maximum absolute atomic E-state index is 9.16. The zero-order valence-electron chi connectivity index (χ0n) is 5.82. The molecule has 2 atom stereocenters. The summed E-state index contributed by atoms with van der Waals surface area (Å²) in [7, 11) is 0. The van der Waals surface area contributed by atoms with Gasteiger partial charge in [-0.3, -0.25) is 0 Å². The van der Waals surface area contributed by atoms with Crippen LogP contribution in [-0.2, 0) is 9.47 Å². The molecule has 0 spiro atoms. The summed E-state index contributed by atoms with van der Waals surface area (Å²) in [6, 6.07) is 0. The van der Waals surface area contributed by atoms with Gasteiger partial charge in [0.05, 0.1) is 19.8 Å². The number of aliphatic hydroxyl groups excluding tert-OH is 1. The van der Waals surface area contributed by atoms with Gasteiger partial charge in [0.25, 0.3) is 0 Å². The van der Waals surface area contributed by atoms with Gasteiger partial charge in [0, 0.05) is 0 Å². The Balaban J connectivity index is 2.30. The van der Waals surface area contributed by atoms with Crippen molar-refractivity contribution in [3.05, 3.63) is 12.7 Å². The standard InChI is InChI=1S/C7H12O3/c1-2-6(8)7-5-9-3-4-10-7/h2,6-8H,1,3-5H2. The maximum atomic E-state index is 9.16. The Morgan fingerprint density at radius 3 is 2.90 bits per heavy atom. The SMILES string of the molecule is C=CC(O)C1COCCO1. The highest BCUT2D eigenvalue weighted by Gasteiger charge is 2.19. The summed E-state index contributed by atoms with van der Waals surface area (Å²) in [5, 5.41) is 9.16. The topological polar surface area (TPSA) is 38.7 Å². The average Bonchev–Trinajstić information content (AvgIpc) is 2.05. The van der Waals surface area contributed by atoms with Crippen molar-refractivity contribution < 1.29 is 14.6 Å². The smallest absolute Gasteiger partial charge is 0.110 e. The van der Waals surface area contributed by atoms with Gasteiger partial charge in [-0.25, -0.2) is 0 Å². The third-order valence-corrected chi connectivity index (χ3v) is 1.46. The van der Waals surface area contributed by atoms with Crippen molar-refractivity contribution in [1.29, 1.82) is 0 Å². The van der Waals surface area contributed by atoms with Crippen LogP contribution < -0.4 is 0 Å². The molecule has 1 N–H and O–H groups in total. The molecule has 1 aliphatic rings. The van der Waals surface area contributed by atoms with Crippen LogP contribution in [0.4, 0.5) is 0 Å². The van der Waals surface area contributed by atoms with Crippen LogP contribution in [0.5, 0.6) is 0 Å². The molecule has 0 aromatic carbocycles. The molecular weight excluding hydrogens is 132 g/mol. The molecule has 3 nitrogen and oxygen atoms in total. The number of aliphatic hydroxyl groups is 1. The van der Waals surface area contributed by atoms with E-state index in [0.29, 0.717) is 19.8 Å². The fourth-order valence-electron chi connectivity index (χ4n) is 0.855. The van der Waals surface area contributed by atoms with E-state index in [9.17, 15) is 0 Å². The van der Waals surface area contributed by atoms with Gasteiger partial charge in [-0.05, 0) is 0 Å². The molecule has 0 aromatic rings. The molecule has 0 aromatic heterocycles. The largest absolute Gasteiger partial charge is 0.386 e. The summed E-state index contributed by atoms with van der Waals surface area (Å²) >= 11 is 0.